The molecular formula is C21H20BrNO5. The van der Waals surface area contributed by atoms with Crippen LogP contribution < -0.4 is 5.43 Å². The topological polar surface area (TPSA) is 72.9 Å². The summed E-state index contributed by atoms with van der Waals surface area (Å²) < 4.78 is 17.9. The smallest absolute Gasteiger partial charge is 0.290 e. The van der Waals surface area contributed by atoms with Crippen molar-refractivity contribution in [3.63, 3.8) is 0 Å². The number of halogens is 1. The first kappa shape index (κ1) is 19.0. The normalized spacial score (nSPS) is 16.6. The largest absolute Gasteiger partial charge is 0.464 e. The Bertz CT molecular complexity index is 1060. The Hall–Kier alpha value is -2.38. The lowest BCUT2D eigenvalue weighted by atomic mass is 10.2. The van der Waals surface area contributed by atoms with E-state index in [0.29, 0.717) is 29.9 Å². The van der Waals surface area contributed by atoms with Crippen LogP contribution in [0.25, 0.3) is 11.0 Å². The van der Waals surface area contributed by atoms with Gasteiger partial charge in [0.05, 0.1) is 18.0 Å². The van der Waals surface area contributed by atoms with Gasteiger partial charge in [-0.15, -0.1) is 0 Å². The number of aryl methyl sites for hydroxylation is 1. The molecule has 146 valence electrons. The minimum Gasteiger partial charge on any atom is -0.464 e. The van der Waals surface area contributed by atoms with Gasteiger partial charge in [0.1, 0.15) is 17.1 Å². The fourth-order valence-corrected chi connectivity index (χ4v) is 3.74. The summed E-state index contributed by atoms with van der Waals surface area (Å²) in [6.45, 7) is 3.26. The molecular weight excluding hydrogens is 426 g/mol. The predicted octanol–water partition coefficient (Wildman–Crippen LogP) is 4.28. The molecule has 1 aliphatic rings. The van der Waals surface area contributed by atoms with Crippen LogP contribution in [0.3, 0.4) is 0 Å². The van der Waals surface area contributed by atoms with Crippen molar-refractivity contribution in [1.82, 2.24) is 4.90 Å². The molecule has 1 aliphatic heterocycles. The highest BCUT2D eigenvalue weighted by molar-refractivity contribution is 9.10. The van der Waals surface area contributed by atoms with Crippen LogP contribution in [-0.2, 0) is 11.3 Å². The first-order valence-corrected chi connectivity index (χ1v) is 9.98. The molecule has 6 nitrogen and oxygen atoms in total. The third-order valence-electron chi connectivity index (χ3n) is 4.78. The van der Waals surface area contributed by atoms with Gasteiger partial charge in [0.15, 0.2) is 11.2 Å². The molecule has 0 radical (unpaired) electrons. The number of rotatable bonds is 5. The average molecular weight is 446 g/mol. The number of amides is 1. The van der Waals surface area contributed by atoms with Gasteiger partial charge >= 0.3 is 0 Å². The number of ether oxygens (including phenoxy) is 1. The van der Waals surface area contributed by atoms with E-state index in [0.717, 1.165) is 23.1 Å². The lowest BCUT2D eigenvalue weighted by Gasteiger charge is -2.24. The van der Waals surface area contributed by atoms with Crippen LogP contribution in [0.5, 0.6) is 0 Å². The van der Waals surface area contributed by atoms with E-state index in [9.17, 15) is 9.59 Å². The number of carbonyl (C=O) groups excluding carboxylic acids is 1. The fraction of sp³-hybridized carbons (Fsp3) is 0.333. The zero-order valence-electron chi connectivity index (χ0n) is 15.4. The van der Waals surface area contributed by atoms with Crippen molar-refractivity contribution in [2.24, 2.45) is 0 Å². The third kappa shape index (κ3) is 4.05. The lowest BCUT2D eigenvalue weighted by molar-refractivity contribution is 0.0468. The predicted molar refractivity (Wildman–Crippen MR) is 107 cm³/mol. The Morgan fingerprint density at radius 2 is 2.07 bits per heavy atom. The van der Waals surface area contributed by atoms with E-state index in [1.54, 1.807) is 23.1 Å². The molecule has 1 fully saturated rings. The van der Waals surface area contributed by atoms with Crippen molar-refractivity contribution in [3.8, 4) is 0 Å². The number of fused-ring (bicyclic) bond motifs is 1. The number of carbonyl (C=O) groups is 1. The van der Waals surface area contributed by atoms with Crippen LogP contribution in [0.2, 0.25) is 0 Å². The van der Waals surface area contributed by atoms with Crippen LogP contribution in [-0.4, -0.2) is 30.1 Å². The maximum atomic E-state index is 13.2. The highest BCUT2D eigenvalue weighted by atomic mass is 79.9. The number of hydrogen-bond acceptors (Lipinski definition) is 5. The fourth-order valence-electron chi connectivity index (χ4n) is 3.40. The number of hydrogen-bond donors (Lipinski definition) is 0. The van der Waals surface area contributed by atoms with Crippen LogP contribution >= 0.6 is 15.9 Å². The molecule has 0 saturated carbocycles. The minimum absolute atomic E-state index is 0.0110. The number of benzene rings is 1. The summed E-state index contributed by atoms with van der Waals surface area (Å²) in [6, 6.07) is 10.1. The maximum Gasteiger partial charge on any atom is 0.290 e. The summed E-state index contributed by atoms with van der Waals surface area (Å²) >= 11 is 3.37. The van der Waals surface area contributed by atoms with Crippen molar-refractivity contribution in [3.05, 3.63) is 68.4 Å². The van der Waals surface area contributed by atoms with Crippen LogP contribution in [0.1, 0.15) is 34.9 Å². The van der Waals surface area contributed by atoms with Gasteiger partial charge in [0, 0.05) is 23.7 Å². The van der Waals surface area contributed by atoms with E-state index in [1.807, 2.05) is 19.1 Å². The van der Waals surface area contributed by atoms with Crippen LogP contribution in [0, 0.1) is 6.92 Å². The Labute approximate surface area is 170 Å². The molecule has 28 heavy (non-hydrogen) atoms. The Morgan fingerprint density at radius 3 is 2.79 bits per heavy atom. The second-order valence-electron chi connectivity index (χ2n) is 6.95. The Kier molecular flexibility index (Phi) is 5.37. The number of nitrogens with zero attached hydrogens (tertiary/aromatic N) is 1. The van der Waals surface area contributed by atoms with E-state index in [4.69, 9.17) is 13.6 Å². The van der Waals surface area contributed by atoms with Gasteiger partial charge in [0.25, 0.3) is 5.91 Å². The lowest BCUT2D eigenvalue weighted by Crippen LogP contribution is -2.37. The van der Waals surface area contributed by atoms with Gasteiger partial charge in [-0.2, -0.15) is 0 Å². The monoisotopic (exact) mass is 445 g/mol. The van der Waals surface area contributed by atoms with Gasteiger partial charge in [0.2, 0.25) is 0 Å². The Balaban J connectivity index is 1.67. The summed E-state index contributed by atoms with van der Waals surface area (Å²) in [7, 11) is 0. The molecule has 0 spiro atoms. The first-order chi connectivity index (χ1) is 13.5. The van der Waals surface area contributed by atoms with Gasteiger partial charge in [-0.1, -0.05) is 15.9 Å². The van der Waals surface area contributed by atoms with Gasteiger partial charge in [-0.25, -0.2) is 0 Å². The highest BCUT2D eigenvalue weighted by Crippen LogP contribution is 2.21. The minimum atomic E-state index is -0.358. The first-order valence-electron chi connectivity index (χ1n) is 9.19. The molecule has 1 amide bonds. The molecule has 0 bridgehead atoms. The van der Waals surface area contributed by atoms with E-state index in [2.05, 4.69) is 15.9 Å². The van der Waals surface area contributed by atoms with Gasteiger partial charge < -0.3 is 18.5 Å². The second kappa shape index (κ2) is 7.93. The summed E-state index contributed by atoms with van der Waals surface area (Å²) in [5.74, 6) is 1.11. The van der Waals surface area contributed by atoms with E-state index >= 15 is 0 Å². The molecule has 4 rings (SSSR count). The molecule has 0 aliphatic carbocycles. The van der Waals surface area contributed by atoms with E-state index in [-0.39, 0.29) is 29.7 Å². The van der Waals surface area contributed by atoms with Gasteiger partial charge in [-0.05, 0) is 50.1 Å². The molecule has 7 heteroatoms. The van der Waals surface area contributed by atoms with Crippen molar-refractivity contribution in [2.75, 3.05) is 13.2 Å². The highest BCUT2D eigenvalue weighted by Gasteiger charge is 2.26. The molecule has 3 heterocycles. The van der Waals surface area contributed by atoms with Crippen molar-refractivity contribution in [2.45, 2.75) is 32.4 Å². The van der Waals surface area contributed by atoms with Crippen LogP contribution in [0.4, 0.5) is 0 Å². The third-order valence-corrected chi connectivity index (χ3v) is 5.27. The summed E-state index contributed by atoms with van der Waals surface area (Å²) in [6.07, 6.45) is 1.85. The zero-order chi connectivity index (χ0) is 19.7. The number of furan rings is 1. The molecule has 3 aromatic rings. The van der Waals surface area contributed by atoms with Crippen molar-refractivity contribution in [1.29, 1.82) is 0 Å². The standard InChI is InChI=1S/C21H20BrNO5/c1-13-4-6-16(27-13)12-23(11-15-3-2-8-26-15)21(25)20-10-18(24)17-7-5-14(22)9-19(17)28-20/h4-7,9-10,15H,2-3,8,11-12H2,1H3/t15-/m1/s1. The molecule has 0 N–H and O–H groups in total. The van der Waals surface area contributed by atoms with E-state index in [1.165, 1.54) is 6.07 Å². The van der Waals surface area contributed by atoms with Gasteiger partial charge in [-0.3, -0.25) is 9.59 Å². The summed E-state index contributed by atoms with van der Waals surface area (Å²) in [5.41, 5.74) is 0.124. The SMILES string of the molecule is Cc1ccc(CN(C[C@H]2CCCO2)C(=O)c2cc(=O)c3ccc(Br)cc3o2)o1. The second-order valence-corrected chi connectivity index (χ2v) is 7.86. The van der Waals surface area contributed by atoms with E-state index < -0.39 is 0 Å². The Morgan fingerprint density at radius 1 is 1.21 bits per heavy atom. The zero-order valence-corrected chi connectivity index (χ0v) is 17.0. The van der Waals surface area contributed by atoms with Crippen LogP contribution in [0.15, 0.2) is 54.5 Å². The molecule has 1 saturated heterocycles. The summed E-state index contributed by atoms with van der Waals surface area (Å²) in [5, 5.41) is 0.437. The molecule has 2 aromatic heterocycles. The molecule has 1 aromatic carbocycles. The molecule has 1 atom stereocenters. The maximum absolute atomic E-state index is 13.2. The summed E-state index contributed by atoms with van der Waals surface area (Å²) in [4.78, 5) is 27.3. The average Bonchev–Trinajstić information content (AvgIpc) is 3.32. The van der Waals surface area contributed by atoms with Crippen molar-refractivity contribution >= 4 is 32.8 Å². The van der Waals surface area contributed by atoms with Crippen molar-refractivity contribution < 1.29 is 18.4 Å². The quantitative estimate of drug-likeness (QED) is 0.585. The molecule has 0 unspecified atom stereocenters.